The van der Waals surface area contributed by atoms with Crippen LogP contribution in [0, 0.1) is 0 Å². The van der Waals surface area contributed by atoms with Gasteiger partial charge in [0.1, 0.15) is 6.10 Å². The van der Waals surface area contributed by atoms with Crippen molar-refractivity contribution in [3.8, 4) is 11.5 Å². The lowest BCUT2D eigenvalue weighted by atomic mass is 9.98. The summed E-state index contributed by atoms with van der Waals surface area (Å²) in [6.45, 7) is 1.78. The Kier molecular flexibility index (Phi) is 5.26. The molecule has 6 nitrogen and oxygen atoms in total. The summed E-state index contributed by atoms with van der Waals surface area (Å²) in [7, 11) is 2.08. The van der Waals surface area contributed by atoms with Gasteiger partial charge in [-0.1, -0.05) is 48.5 Å². The first-order valence-electron chi connectivity index (χ1n) is 11.1. The Bertz CT molecular complexity index is 1280. The van der Waals surface area contributed by atoms with Crippen molar-refractivity contribution < 1.29 is 23.7 Å². The Morgan fingerprint density at radius 3 is 2.42 bits per heavy atom. The normalized spacial score (nSPS) is 16.5. The van der Waals surface area contributed by atoms with Crippen molar-refractivity contribution in [3.05, 3.63) is 95.2 Å². The van der Waals surface area contributed by atoms with Gasteiger partial charge >= 0.3 is 0 Å². The number of nitrogens with zero attached hydrogens (tertiary/aromatic N) is 1. The van der Waals surface area contributed by atoms with E-state index in [4.69, 9.17) is 23.7 Å². The van der Waals surface area contributed by atoms with Crippen molar-refractivity contribution in [1.29, 1.82) is 0 Å². The van der Waals surface area contributed by atoms with Gasteiger partial charge in [0.15, 0.2) is 17.8 Å². The fraction of sp³-hybridized carbons (Fsp3) is 0.259. The maximum Gasteiger partial charge on any atom is 0.231 e. The zero-order valence-electron chi connectivity index (χ0n) is 18.4. The lowest BCUT2D eigenvalue weighted by Crippen LogP contribution is -2.15. The summed E-state index contributed by atoms with van der Waals surface area (Å²) in [5, 5.41) is 1.17. The number of ether oxygens (including phenoxy) is 5. The van der Waals surface area contributed by atoms with Gasteiger partial charge in [-0.15, -0.1) is 0 Å². The predicted molar refractivity (Wildman–Crippen MR) is 123 cm³/mol. The largest absolute Gasteiger partial charge is 0.454 e. The number of fused-ring (bicyclic) bond motifs is 2. The number of hydrogen-bond donors (Lipinski definition) is 0. The number of hydrogen-bond acceptors (Lipinski definition) is 5. The molecule has 6 heteroatoms. The molecule has 6 rings (SSSR count). The van der Waals surface area contributed by atoms with E-state index >= 15 is 0 Å². The summed E-state index contributed by atoms with van der Waals surface area (Å²) in [5.41, 5.74) is 5.16. The lowest BCUT2D eigenvalue weighted by molar-refractivity contribution is -0.0469. The minimum atomic E-state index is -0.466. The van der Waals surface area contributed by atoms with Gasteiger partial charge in [-0.2, -0.15) is 0 Å². The van der Waals surface area contributed by atoms with Gasteiger partial charge in [0.25, 0.3) is 0 Å². The van der Waals surface area contributed by atoms with E-state index < -0.39 is 6.29 Å². The summed E-state index contributed by atoms with van der Waals surface area (Å²) in [6, 6.07) is 24.7. The summed E-state index contributed by atoms with van der Waals surface area (Å²) < 4.78 is 32.0. The molecule has 1 fully saturated rings. The lowest BCUT2D eigenvalue weighted by Gasteiger charge is -2.24. The summed E-state index contributed by atoms with van der Waals surface area (Å²) >= 11 is 0. The third-order valence-electron chi connectivity index (χ3n) is 6.25. The monoisotopic (exact) mass is 443 g/mol. The molecule has 168 valence electrons. The highest BCUT2D eigenvalue weighted by Gasteiger charge is 2.31. The van der Waals surface area contributed by atoms with Crippen molar-refractivity contribution in [3.63, 3.8) is 0 Å². The molecular weight excluding hydrogens is 418 g/mol. The minimum absolute atomic E-state index is 0.203. The molecule has 2 aliphatic heterocycles. The zero-order valence-corrected chi connectivity index (χ0v) is 18.4. The Balaban J connectivity index is 1.49. The molecule has 3 aromatic carbocycles. The van der Waals surface area contributed by atoms with Crippen LogP contribution in [0.15, 0.2) is 72.8 Å². The number of aromatic nitrogens is 1. The SMILES string of the molecule is Cn1c(C(OCc2ccccc2)c2cc3c(cc2C2OCCO2)OCO3)cc2ccccc21. The van der Waals surface area contributed by atoms with E-state index in [0.29, 0.717) is 31.3 Å². The third-order valence-corrected chi connectivity index (χ3v) is 6.25. The molecule has 4 aromatic rings. The fourth-order valence-electron chi connectivity index (χ4n) is 4.59. The Morgan fingerprint density at radius 1 is 0.909 bits per heavy atom. The Labute approximate surface area is 192 Å². The van der Waals surface area contributed by atoms with Crippen LogP contribution < -0.4 is 9.47 Å². The molecule has 1 aromatic heterocycles. The van der Waals surface area contributed by atoms with Crippen molar-refractivity contribution >= 4 is 10.9 Å². The molecule has 1 saturated heterocycles. The van der Waals surface area contributed by atoms with Gasteiger partial charge in [-0.05, 0) is 40.8 Å². The van der Waals surface area contributed by atoms with Gasteiger partial charge in [0, 0.05) is 18.1 Å². The number of aryl methyl sites for hydroxylation is 1. The van der Waals surface area contributed by atoms with Crippen LogP contribution in [0.3, 0.4) is 0 Å². The van der Waals surface area contributed by atoms with E-state index in [1.54, 1.807) is 0 Å². The van der Waals surface area contributed by atoms with E-state index in [0.717, 1.165) is 27.9 Å². The Hall–Kier alpha value is -3.32. The van der Waals surface area contributed by atoms with E-state index in [-0.39, 0.29) is 12.9 Å². The topological polar surface area (TPSA) is 51.1 Å². The molecule has 0 bridgehead atoms. The molecule has 1 atom stereocenters. The summed E-state index contributed by atoms with van der Waals surface area (Å²) in [6.07, 6.45) is -0.827. The highest BCUT2D eigenvalue weighted by molar-refractivity contribution is 5.81. The summed E-state index contributed by atoms with van der Waals surface area (Å²) in [4.78, 5) is 0. The zero-order chi connectivity index (χ0) is 22.2. The molecular formula is C27H25NO5. The van der Waals surface area contributed by atoms with Crippen LogP contribution in [0.4, 0.5) is 0 Å². The van der Waals surface area contributed by atoms with Gasteiger partial charge < -0.3 is 28.3 Å². The van der Waals surface area contributed by atoms with Crippen LogP contribution >= 0.6 is 0 Å². The highest BCUT2D eigenvalue weighted by Crippen LogP contribution is 2.44. The Morgan fingerprint density at radius 2 is 1.64 bits per heavy atom. The first kappa shape index (κ1) is 20.3. The van der Waals surface area contributed by atoms with Crippen LogP contribution in [0.5, 0.6) is 11.5 Å². The second-order valence-electron chi connectivity index (χ2n) is 8.27. The second kappa shape index (κ2) is 8.56. The van der Waals surface area contributed by atoms with E-state index in [2.05, 4.69) is 54.1 Å². The van der Waals surface area contributed by atoms with Crippen LogP contribution in [0.2, 0.25) is 0 Å². The molecule has 0 N–H and O–H groups in total. The van der Waals surface area contributed by atoms with Crippen LogP contribution in [0.1, 0.15) is 34.8 Å². The molecule has 2 aliphatic rings. The van der Waals surface area contributed by atoms with Crippen molar-refractivity contribution in [1.82, 2.24) is 4.57 Å². The van der Waals surface area contributed by atoms with Crippen LogP contribution in [-0.2, 0) is 27.9 Å². The molecule has 0 spiro atoms. The van der Waals surface area contributed by atoms with Crippen LogP contribution in [0.25, 0.3) is 10.9 Å². The first-order chi connectivity index (χ1) is 16.3. The molecule has 33 heavy (non-hydrogen) atoms. The van der Waals surface area contributed by atoms with Gasteiger partial charge in [-0.3, -0.25) is 0 Å². The number of benzene rings is 3. The molecule has 1 unspecified atom stereocenters. The molecule has 0 amide bonds. The van der Waals surface area contributed by atoms with Gasteiger partial charge in [-0.25, -0.2) is 0 Å². The van der Waals surface area contributed by atoms with Gasteiger partial charge in [0.2, 0.25) is 6.79 Å². The van der Waals surface area contributed by atoms with E-state index in [9.17, 15) is 0 Å². The second-order valence-corrected chi connectivity index (χ2v) is 8.27. The van der Waals surface area contributed by atoms with Crippen molar-refractivity contribution in [2.24, 2.45) is 7.05 Å². The standard InChI is InChI=1S/C27H25NO5/c1-28-22-10-6-5-9-19(22)13-23(28)26(31-16-18-7-3-2-4-8-18)20-14-24-25(33-17-32-24)15-21(20)27-29-11-12-30-27/h2-10,13-15,26-27H,11-12,16-17H2,1H3. The maximum atomic E-state index is 6.64. The average molecular weight is 443 g/mol. The third kappa shape index (κ3) is 3.76. The van der Waals surface area contributed by atoms with Crippen molar-refractivity contribution in [2.45, 2.75) is 19.0 Å². The maximum absolute atomic E-state index is 6.64. The van der Waals surface area contributed by atoms with Crippen LogP contribution in [-0.4, -0.2) is 24.6 Å². The molecule has 0 saturated carbocycles. The molecule has 3 heterocycles. The predicted octanol–water partition coefficient (Wildman–Crippen LogP) is 5.26. The van der Waals surface area contributed by atoms with Gasteiger partial charge in [0.05, 0.1) is 25.5 Å². The summed E-state index contributed by atoms with van der Waals surface area (Å²) in [5.74, 6) is 1.41. The fourth-order valence-corrected chi connectivity index (χ4v) is 4.59. The highest BCUT2D eigenvalue weighted by atomic mass is 16.7. The number of rotatable bonds is 6. The minimum Gasteiger partial charge on any atom is -0.454 e. The van der Waals surface area contributed by atoms with E-state index in [1.807, 2.05) is 30.3 Å². The molecule has 0 radical (unpaired) electrons. The van der Waals surface area contributed by atoms with Crippen molar-refractivity contribution in [2.75, 3.05) is 20.0 Å². The first-order valence-corrected chi connectivity index (χ1v) is 11.1. The molecule has 0 aliphatic carbocycles. The average Bonchev–Trinajstić information content (AvgIpc) is 3.60. The number of para-hydroxylation sites is 1. The smallest absolute Gasteiger partial charge is 0.231 e. The quantitative estimate of drug-likeness (QED) is 0.407. The van der Waals surface area contributed by atoms with E-state index in [1.165, 1.54) is 5.39 Å².